The highest BCUT2D eigenvalue weighted by Crippen LogP contribution is 2.67. The molecule has 35 heavy (non-hydrogen) atoms. The predicted octanol–water partition coefficient (Wildman–Crippen LogP) is 8.88. The van der Waals surface area contributed by atoms with Gasteiger partial charge in [0.15, 0.2) is 0 Å². The van der Waals surface area contributed by atoms with E-state index in [0.29, 0.717) is 23.0 Å². The van der Waals surface area contributed by atoms with E-state index in [9.17, 15) is 4.79 Å². The molecule has 1 heteroatoms. The van der Waals surface area contributed by atoms with E-state index in [0.717, 1.165) is 37.0 Å². The molecule has 2 aromatic rings. The summed E-state index contributed by atoms with van der Waals surface area (Å²) in [6.45, 7) is 4.63. The SMILES string of the molecule is CCc1ccc2cccc3c2c1C=CC3C[C@]12CCCCC1CC[C@@H]1[C@H]2CC[C@]2(C)C(=O)CC[C@@H]12. The summed E-state index contributed by atoms with van der Waals surface area (Å²) >= 11 is 0. The first-order valence-electron chi connectivity index (χ1n) is 14.8. The minimum absolute atomic E-state index is 0.00428. The molecule has 0 amide bonds. The van der Waals surface area contributed by atoms with Crippen molar-refractivity contribution >= 4 is 22.6 Å². The highest BCUT2D eigenvalue weighted by molar-refractivity contribution is 5.97. The van der Waals surface area contributed by atoms with Crippen LogP contribution in [-0.4, -0.2) is 5.78 Å². The molecule has 0 bridgehead atoms. The lowest BCUT2D eigenvalue weighted by atomic mass is 9.43. The Kier molecular flexibility index (Phi) is 5.14. The number of allylic oxidation sites excluding steroid dienone is 1. The third-order valence-corrected chi connectivity index (χ3v) is 12.1. The third-order valence-electron chi connectivity index (χ3n) is 12.1. The van der Waals surface area contributed by atoms with Gasteiger partial charge in [0.05, 0.1) is 0 Å². The molecule has 7 rings (SSSR count). The standard InChI is InChI=1S/C34H42O/c1-3-22-10-11-23-7-6-9-26-24(12-14-27(22)32(23)26)21-34-19-5-4-8-25(34)13-15-28-29-16-17-31(35)33(29,2)20-18-30(28)34/h6-7,9-12,14,24-25,28-30H,3-5,8,13,15-21H2,1-2H3/t24?,25?,28-,29-,30+,33-,34+/m0/s1. The number of rotatable bonds is 3. The third kappa shape index (κ3) is 3.09. The van der Waals surface area contributed by atoms with Crippen molar-refractivity contribution in [3.05, 3.63) is 53.1 Å². The summed E-state index contributed by atoms with van der Waals surface area (Å²) in [6.07, 6.45) is 20.5. The maximum Gasteiger partial charge on any atom is 0.139 e. The van der Waals surface area contributed by atoms with Crippen LogP contribution in [0, 0.1) is 34.5 Å². The van der Waals surface area contributed by atoms with Crippen LogP contribution in [0.1, 0.15) is 107 Å². The number of benzene rings is 2. The Hall–Kier alpha value is -1.89. The molecule has 7 atom stereocenters. The van der Waals surface area contributed by atoms with Gasteiger partial charge < -0.3 is 0 Å². The molecule has 0 heterocycles. The molecular formula is C34H42O. The zero-order valence-electron chi connectivity index (χ0n) is 21.8. The van der Waals surface area contributed by atoms with Gasteiger partial charge >= 0.3 is 0 Å². The summed E-state index contributed by atoms with van der Waals surface area (Å²) in [5.41, 5.74) is 5.03. The van der Waals surface area contributed by atoms with E-state index >= 15 is 0 Å². The minimum Gasteiger partial charge on any atom is -0.299 e. The largest absolute Gasteiger partial charge is 0.299 e. The van der Waals surface area contributed by atoms with Crippen LogP contribution in [0.3, 0.4) is 0 Å². The highest BCUT2D eigenvalue weighted by atomic mass is 16.1. The van der Waals surface area contributed by atoms with Crippen LogP contribution in [0.25, 0.3) is 16.8 Å². The number of hydrogen-bond donors (Lipinski definition) is 0. The Balaban J connectivity index is 1.29. The fraction of sp³-hybridized carbons (Fsp3) is 0.618. The van der Waals surface area contributed by atoms with Crippen molar-refractivity contribution in [2.75, 3.05) is 0 Å². The zero-order valence-corrected chi connectivity index (χ0v) is 21.8. The normalized spacial score (nSPS) is 39.8. The number of fused-ring (bicyclic) bond motifs is 5. The van der Waals surface area contributed by atoms with Gasteiger partial charge in [-0.1, -0.05) is 69.2 Å². The van der Waals surface area contributed by atoms with Crippen molar-refractivity contribution in [1.29, 1.82) is 0 Å². The summed E-state index contributed by atoms with van der Waals surface area (Å²) < 4.78 is 0. The molecular weight excluding hydrogens is 424 g/mol. The second kappa shape index (κ2) is 8.06. The fourth-order valence-electron chi connectivity index (χ4n) is 10.4. The summed E-state index contributed by atoms with van der Waals surface area (Å²) in [6, 6.07) is 11.8. The van der Waals surface area contributed by atoms with Crippen molar-refractivity contribution in [2.24, 2.45) is 34.5 Å². The molecule has 2 unspecified atom stereocenters. The lowest BCUT2D eigenvalue weighted by molar-refractivity contribution is -0.142. The van der Waals surface area contributed by atoms with Crippen LogP contribution in [-0.2, 0) is 11.2 Å². The number of Topliss-reactive ketones (excluding diaryl/α,β-unsaturated/α-hetero) is 1. The Bertz CT molecular complexity index is 1200. The van der Waals surface area contributed by atoms with Crippen LogP contribution < -0.4 is 0 Å². The van der Waals surface area contributed by atoms with E-state index in [-0.39, 0.29) is 5.41 Å². The van der Waals surface area contributed by atoms with Gasteiger partial charge in [0.25, 0.3) is 0 Å². The molecule has 0 saturated heterocycles. The summed E-state index contributed by atoms with van der Waals surface area (Å²) in [5.74, 6) is 4.31. The molecule has 0 aromatic heterocycles. The van der Waals surface area contributed by atoms with Gasteiger partial charge in [0.2, 0.25) is 0 Å². The van der Waals surface area contributed by atoms with E-state index in [1.807, 2.05) is 0 Å². The molecule has 5 aliphatic carbocycles. The van der Waals surface area contributed by atoms with Crippen molar-refractivity contribution < 1.29 is 4.79 Å². The molecule has 184 valence electrons. The van der Waals surface area contributed by atoms with E-state index in [2.05, 4.69) is 56.3 Å². The van der Waals surface area contributed by atoms with Crippen LogP contribution in [0.15, 0.2) is 36.4 Å². The number of aryl methyl sites for hydroxylation is 1. The van der Waals surface area contributed by atoms with Gasteiger partial charge in [-0.25, -0.2) is 0 Å². The minimum atomic E-state index is -0.00428. The number of ketones is 1. The average molecular weight is 467 g/mol. The number of hydrogen-bond acceptors (Lipinski definition) is 1. The van der Waals surface area contributed by atoms with E-state index in [1.165, 1.54) is 79.7 Å². The predicted molar refractivity (Wildman–Crippen MR) is 145 cm³/mol. The van der Waals surface area contributed by atoms with Gasteiger partial charge in [0.1, 0.15) is 5.78 Å². The summed E-state index contributed by atoms with van der Waals surface area (Å²) in [4.78, 5) is 13.0. The first-order valence-corrected chi connectivity index (χ1v) is 14.8. The van der Waals surface area contributed by atoms with Gasteiger partial charge in [-0.05, 0) is 114 Å². The Morgan fingerprint density at radius 1 is 0.943 bits per heavy atom. The smallest absolute Gasteiger partial charge is 0.139 e. The molecule has 0 spiro atoms. The maximum absolute atomic E-state index is 13.0. The van der Waals surface area contributed by atoms with Gasteiger partial charge in [-0.2, -0.15) is 0 Å². The topological polar surface area (TPSA) is 17.1 Å². The lowest BCUT2D eigenvalue weighted by Crippen LogP contribution is -2.54. The molecule has 0 aliphatic heterocycles. The van der Waals surface area contributed by atoms with Crippen LogP contribution >= 0.6 is 0 Å². The van der Waals surface area contributed by atoms with Crippen molar-refractivity contribution in [2.45, 2.75) is 96.8 Å². The molecule has 2 aromatic carbocycles. The van der Waals surface area contributed by atoms with Crippen LogP contribution in [0.4, 0.5) is 0 Å². The van der Waals surface area contributed by atoms with Crippen molar-refractivity contribution in [3.8, 4) is 0 Å². The Morgan fingerprint density at radius 3 is 2.74 bits per heavy atom. The van der Waals surface area contributed by atoms with Gasteiger partial charge in [0, 0.05) is 17.8 Å². The molecule has 0 radical (unpaired) electrons. The molecule has 4 saturated carbocycles. The molecule has 1 nitrogen and oxygen atoms in total. The molecule has 5 aliphatic rings. The first-order chi connectivity index (χ1) is 17.0. The van der Waals surface area contributed by atoms with Crippen LogP contribution in [0.5, 0.6) is 0 Å². The van der Waals surface area contributed by atoms with Gasteiger partial charge in [-0.3, -0.25) is 4.79 Å². The number of carbonyl (C=O) groups excluding carboxylic acids is 1. The molecule has 0 N–H and O–H groups in total. The first kappa shape index (κ1) is 22.3. The average Bonchev–Trinajstić information content (AvgIpc) is 3.20. The summed E-state index contributed by atoms with van der Waals surface area (Å²) in [5, 5.41) is 2.95. The van der Waals surface area contributed by atoms with E-state index in [4.69, 9.17) is 0 Å². The van der Waals surface area contributed by atoms with E-state index in [1.54, 1.807) is 5.56 Å². The van der Waals surface area contributed by atoms with Crippen molar-refractivity contribution in [3.63, 3.8) is 0 Å². The Labute approximate surface area is 211 Å². The highest BCUT2D eigenvalue weighted by Gasteiger charge is 2.61. The fourth-order valence-corrected chi connectivity index (χ4v) is 10.4. The van der Waals surface area contributed by atoms with Crippen LogP contribution in [0.2, 0.25) is 0 Å². The quantitative estimate of drug-likeness (QED) is 0.441. The molecule has 4 fully saturated rings. The Morgan fingerprint density at radius 2 is 1.86 bits per heavy atom. The summed E-state index contributed by atoms with van der Waals surface area (Å²) in [7, 11) is 0. The van der Waals surface area contributed by atoms with E-state index < -0.39 is 0 Å². The number of carbonyl (C=O) groups is 1. The monoisotopic (exact) mass is 466 g/mol. The zero-order chi connectivity index (χ0) is 23.8. The second-order valence-electron chi connectivity index (χ2n) is 13.2. The lowest BCUT2D eigenvalue weighted by Gasteiger charge is -2.61. The maximum atomic E-state index is 13.0. The van der Waals surface area contributed by atoms with Crippen molar-refractivity contribution in [1.82, 2.24) is 0 Å². The second-order valence-corrected chi connectivity index (χ2v) is 13.2. The van der Waals surface area contributed by atoms with Gasteiger partial charge in [-0.15, -0.1) is 0 Å².